The van der Waals surface area contributed by atoms with Gasteiger partial charge in [0.05, 0.1) is 0 Å². The molecule has 53 heavy (non-hydrogen) atoms. The molecular weight excluding hydrogens is 763 g/mol. The quantitative estimate of drug-likeness (QED) is 0.162. The van der Waals surface area contributed by atoms with Crippen molar-refractivity contribution in [1.82, 2.24) is 0 Å². The first-order valence-electron chi connectivity index (χ1n) is 19.1. The van der Waals surface area contributed by atoms with Crippen LogP contribution in [0.5, 0.6) is 0 Å². The summed E-state index contributed by atoms with van der Waals surface area (Å²) in [6.45, 7) is 34.5. The summed E-state index contributed by atoms with van der Waals surface area (Å²) >= 11 is 1.51. The number of fused-ring (bicyclic) bond motifs is 5. The van der Waals surface area contributed by atoms with Gasteiger partial charge in [0.2, 0.25) is 0 Å². The summed E-state index contributed by atoms with van der Waals surface area (Å²) in [7, 11) is 0. The third-order valence-electron chi connectivity index (χ3n) is 10.9. The van der Waals surface area contributed by atoms with Crippen molar-refractivity contribution in [2.45, 2.75) is 133 Å². The minimum Gasteiger partial charge on any atom is -1.00 e. The first-order chi connectivity index (χ1) is 23.4. The standard InChI is InChI=1S/C31H37.C11H17.C8H8.2ClH.Zr/c1-28(2,3)26-16-30(7,8)24-12-18-11-19-13-25-23(15-21(19)20(18)14-22(24)26)27(29(4,5)6)17-31(25,9)10;1-5-9-6-7-10(8-9)11(2,3)4;1-2-8-6-4-3-5-7-8;;;/h12-16H,11H2,1-10H3;6-8H,5H2,1-4H3;3-7H,1H3;2*1H;/q2*-1;;;;+2/p-2. The molecule has 0 heterocycles. The SMILES string of the molecule is CC(C)(C)C1=[C-]C(C)(C)c2cc3c(cc21)-c1cc2c(cc1C3)C(C)(C)C=C2C(C)(C)C.CCc1cc(C(C)(C)C)c[cH-]1.C[C](=[Zr+2])c1ccccc1.[Cl-].[Cl-]. The Labute approximate surface area is 350 Å². The number of halogens is 2. The van der Waals surface area contributed by atoms with Crippen LogP contribution in [0.4, 0.5) is 0 Å². The van der Waals surface area contributed by atoms with Gasteiger partial charge in [0, 0.05) is 5.41 Å². The van der Waals surface area contributed by atoms with E-state index in [1.807, 2.05) is 6.07 Å². The molecule has 282 valence electrons. The number of hydrogen-bond acceptors (Lipinski definition) is 0. The van der Waals surface area contributed by atoms with Gasteiger partial charge in [-0.2, -0.15) is 28.8 Å². The zero-order valence-corrected chi connectivity index (χ0v) is 39.1. The average Bonchev–Trinajstić information content (AvgIpc) is 3.77. The molecule has 0 N–H and O–H groups in total. The summed E-state index contributed by atoms with van der Waals surface area (Å²) in [6, 6.07) is 27.3. The first kappa shape index (κ1) is 45.2. The van der Waals surface area contributed by atoms with Crippen molar-refractivity contribution in [3.05, 3.63) is 135 Å². The van der Waals surface area contributed by atoms with Crippen LogP contribution in [-0.4, -0.2) is 3.21 Å². The molecule has 0 amide bonds. The van der Waals surface area contributed by atoms with Crippen molar-refractivity contribution in [2.75, 3.05) is 0 Å². The summed E-state index contributed by atoms with van der Waals surface area (Å²) in [5.41, 5.74) is 19.5. The Morgan fingerprint density at radius 2 is 1.26 bits per heavy atom. The van der Waals surface area contributed by atoms with Crippen molar-refractivity contribution in [2.24, 2.45) is 10.8 Å². The molecule has 3 aliphatic carbocycles. The molecule has 3 heteroatoms. The zero-order valence-electron chi connectivity index (χ0n) is 35.2. The Bertz CT molecular complexity index is 1910. The molecule has 7 rings (SSSR count). The molecule has 4 aromatic rings. The predicted molar refractivity (Wildman–Crippen MR) is 221 cm³/mol. The maximum atomic E-state index is 3.85. The van der Waals surface area contributed by atoms with Crippen LogP contribution in [0.3, 0.4) is 0 Å². The molecule has 0 saturated carbocycles. The minimum absolute atomic E-state index is 0. The second kappa shape index (κ2) is 16.1. The van der Waals surface area contributed by atoms with Crippen LogP contribution >= 0.6 is 0 Å². The topological polar surface area (TPSA) is 0 Å². The van der Waals surface area contributed by atoms with Gasteiger partial charge in [-0.15, -0.1) is 11.6 Å². The zero-order chi connectivity index (χ0) is 37.9. The van der Waals surface area contributed by atoms with Crippen LogP contribution in [0.1, 0.15) is 154 Å². The molecular formula is C50H62Cl2Zr-2. The molecule has 4 aromatic carbocycles. The van der Waals surface area contributed by atoms with Crippen LogP contribution in [0.25, 0.3) is 22.3 Å². The predicted octanol–water partition coefficient (Wildman–Crippen LogP) is 7.55. The van der Waals surface area contributed by atoms with Crippen molar-refractivity contribution in [1.29, 1.82) is 0 Å². The van der Waals surface area contributed by atoms with Gasteiger partial charge in [0.1, 0.15) is 0 Å². The van der Waals surface area contributed by atoms with Crippen molar-refractivity contribution in [3.63, 3.8) is 0 Å². The van der Waals surface area contributed by atoms with Gasteiger partial charge in [0.15, 0.2) is 0 Å². The van der Waals surface area contributed by atoms with Gasteiger partial charge in [-0.1, -0.05) is 132 Å². The molecule has 0 atom stereocenters. The summed E-state index contributed by atoms with van der Waals surface area (Å²) in [4.78, 5) is 0. The molecule has 0 fully saturated rings. The van der Waals surface area contributed by atoms with Gasteiger partial charge in [-0.3, -0.25) is 6.08 Å². The number of allylic oxidation sites excluding steroid dienone is 4. The monoisotopic (exact) mass is 822 g/mol. The molecule has 0 bridgehead atoms. The number of aryl methyl sites for hydroxylation is 1. The number of rotatable bonds is 2. The molecule has 0 radical (unpaired) electrons. The average molecular weight is 825 g/mol. The van der Waals surface area contributed by atoms with Crippen LogP contribution in [0.15, 0.2) is 78.9 Å². The Morgan fingerprint density at radius 1 is 0.717 bits per heavy atom. The van der Waals surface area contributed by atoms with Gasteiger partial charge < -0.3 is 24.8 Å². The van der Waals surface area contributed by atoms with Crippen LogP contribution < -0.4 is 24.8 Å². The molecule has 0 aromatic heterocycles. The summed E-state index contributed by atoms with van der Waals surface area (Å²) < 4.78 is 1.46. The number of benzene rings is 3. The molecule has 0 saturated heterocycles. The molecule has 0 aliphatic heterocycles. The molecule has 3 aliphatic rings. The van der Waals surface area contributed by atoms with E-state index in [9.17, 15) is 0 Å². The first-order valence-corrected chi connectivity index (χ1v) is 20.3. The van der Waals surface area contributed by atoms with E-state index >= 15 is 0 Å². The summed E-state index contributed by atoms with van der Waals surface area (Å²) in [5.74, 6) is 0. The van der Waals surface area contributed by atoms with E-state index in [0.29, 0.717) is 5.41 Å². The second-order valence-corrected chi connectivity index (χ2v) is 21.1. The van der Waals surface area contributed by atoms with E-state index in [1.165, 1.54) is 99.8 Å². The van der Waals surface area contributed by atoms with E-state index in [4.69, 9.17) is 0 Å². The Hall–Kier alpha value is -2.18. The van der Waals surface area contributed by atoms with E-state index in [2.05, 4.69) is 183 Å². The minimum atomic E-state index is -0.0202. The van der Waals surface area contributed by atoms with Crippen molar-refractivity contribution in [3.8, 4) is 11.1 Å². The van der Waals surface area contributed by atoms with E-state index < -0.39 is 0 Å². The maximum absolute atomic E-state index is 3.85. The fourth-order valence-electron chi connectivity index (χ4n) is 7.81. The Kier molecular flexibility index (Phi) is 13.8. The van der Waals surface area contributed by atoms with Gasteiger partial charge in [-0.05, 0) is 62.3 Å². The third-order valence-corrected chi connectivity index (χ3v) is 11.6. The molecule has 0 spiro atoms. The fraction of sp³-hybridized carbons (Fsp3) is 0.440. The van der Waals surface area contributed by atoms with Gasteiger partial charge >= 0.3 is 70.3 Å². The maximum Gasteiger partial charge on any atom is -1.00 e. The molecule has 0 nitrogen and oxygen atoms in total. The van der Waals surface area contributed by atoms with Crippen molar-refractivity contribution >= 4 is 14.4 Å². The fourth-order valence-corrected chi connectivity index (χ4v) is 8.22. The van der Waals surface area contributed by atoms with E-state index in [1.54, 1.807) is 0 Å². The van der Waals surface area contributed by atoms with Gasteiger partial charge in [0.25, 0.3) is 0 Å². The largest absolute Gasteiger partial charge is 1.00 e. The Morgan fingerprint density at radius 3 is 1.70 bits per heavy atom. The summed E-state index contributed by atoms with van der Waals surface area (Å²) in [5, 5.41) is 0. The van der Waals surface area contributed by atoms with E-state index in [-0.39, 0.29) is 46.5 Å². The van der Waals surface area contributed by atoms with E-state index in [0.717, 1.165) is 12.8 Å². The van der Waals surface area contributed by atoms with Crippen molar-refractivity contribution < 1.29 is 49.0 Å². The molecule has 0 unspecified atom stereocenters. The second-order valence-electron chi connectivity index (χ2n) is 19.3. The third kappa shape index (κ3) is 9.62. The Balaban J connectivity index is 0.000000283. The van der Waals surface area contributed by atoms with Crippen LogP contribution in [0.2, 0.25) is 0 Å². The van der Waals surface area contributed by atoms with Crippen LogP contribution in [0, 0.1) is 16.9 Å². The smallest absolute Gasteiger partial charge is 1.00 e. The normalized spacial score (nSPS) is 15.8. The number of hydrogen-bond donors (Lipinski definition) is 0. The summed E-state index contributed by atoms with van der Waals surface area (Å²) in [6.07, 6.45) is 8.56. The van der Waals surface area contributed by atoms with Gasteiger partial charge in [-0.25, -0.2) is 11.6 Å². The van der Waals surface area contributed by atoms with Crippen LogP contribution in [-0.2, 0) is 53.3 Å².